The molecule has 0 unspecified atom stereocenters. The third kappa shape index (κ3) is 4.26. The van der Waals surface area contributed by atoms with Crippen LogP contribution < -0.4 is 14.2 Å². The molecule has 7 nitrogen and oxygen atoms in total. The smallest absolute Gasteiger partial charge is 0.260 e. The molecular weight excluding hydrogens is 394 g/mol. The van der Waals surface area contributed by atoms with Crippen molar-refractivity contribution in [2.45, 2.75) is 13.0 Å². The number of para-hydroxylation sites is 1. The Bertz CT molecular complexity index is 1090. The fourth-order valence-electron chi connectivity index (χ4n) is 3.72. The van der Waals surface area contributed by atoms with Gasteiger partial charge in [-0.3, -0.25) is 4.79 Å². The highest BCUT2D eigenvalue weighted by atomic mass is 16.5. The number of fused-ring (bicyclic) bond motifs is 1. The lowest BCUT2D eigenvalue weighted by molar-refractivity contribution is -0.134. The number of carbonyl (C=O) groups is 1. The van der Waals surface area contributed by atoms with Crippen molar-refractivity contribution in [2.75, 3.05) is 27.4 Å². The first-order valence-electron chi connectivity index (χ1n) is 10.0. The van der Waals surface area contributed by atoms with Crippen LogP contribution in [0.25, 0.3) is 5.70 Å². The number of benzene rings is 2. The number of hydrogen-bond acceptors (Lipinski definition) is 5. The van der Waals surface area contributed by atoms with Crippen LogP contribution in [-0.2, 0) is 17.8 Å². The molecule has 0 saturated carbocycles. The van der Waals surface area contributed by atoms with E-state index >= 15 is 0 Å². The maximum absolute atomic E-state index is 12.9. The van der Waals surface area contributed by atoms with Crippen LogP contribution in [-0.4, -0.2) is 47.7 Å². The van der Waals surface area contributed by atoms with Gasteiger partial charge in [0, 0.05) is 31.0 Å². The van der Waals surface area contributed by atoms with Crippen LogP contribution in [0.3, 0.4) is 0 Å². The van der Waals surface area contributed by atoms with Gasteiger partial charge in [-0.1, -0.05) is 18.7 Å². The number of aromatic nitrogens is 2. The minimum Gasteiger partial charge on any atom is -0.493 e. The minimum atomic E-state index is -0.0662. The molecular formula is C24H25N3O4. The first kappa shape index (κ1) is 20.5. The Morgan fingerprint density at radius 1 is 1.10 bits per heavy atom. The van der Waals surface area contributed by atoms with Crippen molar-refractivity contribution in [3.05, 3.63) is 78.4 Å². The summed E-state index contributed by atoms with van der Waals surface area (Å²) in [5, 5.41) is 0. The fourth-order valence-corrected chi connectivity index (χ4v) is 3.72. The highest BCUT2D eigenvalue weighted by molar-refractivity contribution is 5.78. The number of methoxy groups -OCH3 is 2. The van der Waals surface area contributed by atoms with E-state index in [-0.39, 0.29) is 12.5 Å². The van der Waals surface area contributed by atoms with Gasteiger partial charge in [-0.15, -0.1) is 0 Å². The molecule has 160 valence electrons. The number of amides is 1. The second-order valence-electron chi connectivity index (χ2n) is 7.24. The Morgan fingerprint density at radius 2 is 1.84 bits per heavy atom. The van der Waals surface area contributed by atoms with E-state index in [0.29, 0.717) is 30.3 Å². The van der Waals surface area contributed by atoms with Gasteiger partial charge in [0.2, 0.25) is 0 Å². The molecule has 4 rings (SSSR count). The second-order valence-corrected chi connectivity index (χ2v) is 7.24. The quantitative estimate of drug-likeness (QED) is 0.587. The second kappa shape index (κ2) is 8.95. The summed E-state index contributed by atoms with van der Waals surface area (Å²) in [6.45, 7) is 5.23. The normalized spacial score (nSPS) is 12.8. The SMILES string of the molecule is C=C(c1ccccc1OCC(=O)N1CCc2cc(OC)c(OC)cc2C1)n1ccnc1. The van der Waals surface area contributed by atoms with Crippen LogP contribution in [0, 0.1) is 0 Å². The van der Waals surface area contributed by atoms with E-state index < -0.39 is 0 Å². The zero-order chi connectivity index (χ0) is 21.8. The van der Waals surface area contributed by atoms with Crippen molar-refractivity contribution in [1.82, 2.24) is 14.5 Å². The molecule has 1 aromatic heterocycles. The van der Waals surface area contributed by atoms with Crippen LogP contribution in [0.4, 0.5) is 0 Å². The van der Waals surface area contributed by atoms with Gasteiger partial charge >= 0.3 is 0 Å². The predicted molar refractivity (Wildman–Crippen MR) is 117 cm³/mol. The maximum atomic E-state index is 12.9. The van der Waals surface area contributed by atoms with Gasteiger partial charge in [-0.05, 0) is 41.8 Å². The summed E-state index contributed by atoms with van der Waals surface area (Å²) >= 11 is 0. The van der Waals surface area contributed by atoms with Crippen LogP contribution >= 0.6 is 0 Å². The first-order chi connectivity index (χ1) is 15.1. The molecule has 31 heavy (non-hydrogen) atoms. The summed E-state index contributed by atoms with van der Waals surface area (Å²) in [5.74, 6) is 1.92. The highest BCUT2D eigenvalue weighted by Crippen LogP contribution is 2.33. The number of carbonyl (C=O) groups excluding carboxylic acids is 1. The van der Waals surface area contributed by atoms with Crippen molar-refractivity contribution in [1.29, 1.82) is 0 Å². The van der Waals surface area contributed by atoms with Gasteiger partial charge in [0.25, 0.3) is 5.91 Å². The zero-order valence-electron chi connectivity index (χ0n) is 17.7. The predicted octanol–water partition coefficient (Wildman–Crippen LogP) is 3.38. The molecule has 0 radical (unpaired) electrons. The molecule has 3 aromatic rings. The van der Waals surface area contributed by atoms with Gasteiger partial charge in [0.1, 0.15) is 5.75 Å². The fraction of sp³-hybridized carbons (Fsp3) is 0.250. The number of imidazole rings is 1. The average Bonchev–Trinajstić information content (AvgIpc) is 3.36. The molecule has 0 fully saturated rings. The molecule has 1 amide bonds. The third-order valence-corrected chi connectivity index (χ3v) is 5.44. The largest absolute Gasteiger partial charge is 0.493 e. The molecule has 1 aliphatic rings. The maximum Gasteiger partial charge on any atom is 0.260 e. The van der Waals surface area contributed by atoms with E-state index in [1.54, 1.807) is 26.7 Å². The van der Waals surface area contributed by atoms with Crippen LogP contribution in [0.1, 0.15) is 16.7 Å². The van der Waals surface area contributed by atoms with Crippen molar-refractivity contribution in [3.8, 4) is 17.2 Å². The van der Waals surface area contributed by atoms with Crippen molar-refractivity contribution < 1.29 is 19.0 Å². The Labute approximate surface area is 181 Å². The van der Waals surface area contributed by atoms with E-state index in [4.69, 9.17) is 14.2 Å². The first-order valence-corrected chi connectivity index (χ1v) is 10.0. The standard InChI is InChI=1S/C24H25N3O4/c1-17(27-11-9-25-16-27)20-6-4-5-7-21(20)31-15-24(28)26-10-8-18-12-22(29-2)23(30-3)13-19(18)14-26/h4-7,9,11-13,16H,1,8,10,14-15H2,2-3H3. The molecule has 2 aromatic carbocycles. The van der Waals surface area contributed by atoms with E-state index in [0.717, 1.165) is 23.2 Å². The average molecular weight is 419 g/mol. The minimum absolute atomic E-state index is 0.0448. The summed E-state index contributed by atoms with van der Waals surface area (Å²) in [5.41, 5.74) is 3.78. The van der Waals surface area contributed by atoms with Crippen LogP contribution in [0.5, 0.6) is 17.2 Å². The molecule has 0 spiro atoms. The van der Waals surface area contributed by atoms with E-state index in [9.17, 15) is 4.79 Å². The van der Waals surface area contributed by atoms with Crippen LogP contribution in [0.15, 0.2) is 61.7 Å². The summed E-state index contributed by atoms with van der Waals surface area (Å²) in [6.07, 6.45) is 5.95. The van der Waals surface area contributed by atoms with E-state index in [1.807, 2.05) is 52.1 Å². The van der Waals surface area contributed by atoms with Crippen molar-refractivity contribution in [3.63, 3.8) is 0 Å². The number of nitrogens with zero attached hydrogens (tertiary/aromatic N) is 3. The number of ether oxygens (including phenoxy) is 3. The molecule has 0 bridgehead atoms. The Balaban J connectivity index is 1.44. The van der Waals surface area contributed by atoms with E-state index in [1.165, 1.54) is 5.56 Å². The lowest BCUT2D eigenvalue weighted by atomic mass is 9.99. The molecule has 2 heterocycles. The molecule has 1 aliphatic heterocycles. The summed E-state index contributed by atoms with van der Waals surface area (Å²) < 4.78 is 18.5. The Kier molecular flexibility index (Phi) is 5.93. The van der Waals surface area contributed by atoms with Gasteiger partial charge in [-0.2, -0.15) is 0 Å². The van der Waals surface area contributed by atoms with Crippen LogP contribution in [0.2, 0.25) is 0 Å². The number of hydrogen-bond donors (Lipinski definition) is 0. The summed E-state index contributed by atoms with van der Waals surface area (Å²) in [7, 11) is 3.23. The molecule has 0 N–H and O–H groups in total. The molecule has 0 saturated heterocycles. The van der Waals surface area contributed by atoms with Gasteiger partial charge < -0.3 is 23.7 Å². The monoisotopic (exact) mass is 419 g/mol. The van der Waals surface area contributed by atoms with Gasteiger partial charge in [0.15, 0.2) is 18.1 Å². The number of rotatable bonds is 7. The summed E-state index contributed by atoms with van der Waals surface area (Å²) in [4.78, 5) is 18.7. The Morgan fingerprint density at radius 3 is 2.55 bits per heavy atom. The highest BCUT2D eigenvalue weighted by Gasteiger charge is 2.23. The molecule has 7 heteroatoms. The van der Waals surface area contributed by atoms with Gasteiger partial charge in [-0.25, -0.2) is 4.98 Å². The molecule has 0 atom stereocenters. The van der Waals surface area contributed by atoms with Gasteiger partial charge in [0.05, 0.1) is 26.2 Å². The Hall–Kier alpha value is -3.74. The zero-order valence-corrected chi connectivity index (χ0v) is 17.7. The van der Waals surface area contributed by atoms with Crippen molar-refractivity contribution >= 4 is 11.6 Å². The lowest BCUT2D eigenvalue weighted by Gasteiger charge is -2.29. The van der Waals surface area contributed by atoms with Crippen molar-refractivity contribution in [2.24, 2.45) is 0 Å². The topological polar surface area (TPSA) is 65.8 Å². The molecule has 0 aliphatic carbocycles. The third-order valence-electron chi connectivity index (χ3n) is 5.44. The van der Waals surface area contributed by atoms with E-state index in [2.05, 4.69) is 11.6 Å². The lowest BCUT2D eigenvalue weighted by Crippen LogP contribution is -2.38. The summed E-state index contributed by atoms with van der Waals surface area (Å²) in [6, 6.07) is 11.5.